The molecular weight excluding hydrogens is 238 g/mol. The Morgan fingerprint density at radius 3 is 2.58 bits per heavy atom. The Morgan fingerprint density at radius 2 is 2.00 bits per heavy atom. The third kappa shape index (κ3) is 3.48. The van der Waals surface area contributed by atoms with Gasteiger partial charge in [0.1, 0.15) is 5.75 Å². The van der Waals surface area contributed by atoms with E-state index >= 15 is 0 Å². The molecule has 0 aromatic heterocycles. The fourth-order valence-electron chi connectivity index (χ4n) is 2.88. The van der Waals surface area contributed by atoms with Gasteiger partial charge in [0.25, 0.3) is 0 Å². The molecule has 3 heteroatoms. The number of hydrogen-bond acceptors (Lipinski definition) is 3. The van der Waals surface area contributed by atoms with E-state index in [1.54, 1.807) is 7.11 Å². The van der Waals surface area contributed by atoms with E-state index in [9.17, 15) is 5.11 Å². The van der Waals surface area contributed by atoms with Crippen LogP contribution >= 0.6 is 0 Å². The number of aliphatic hydroxyl groups excluding tert-OH is 1. The third-order valence-electron chi connectivity index (χ3n) is 4.29. The smallest absolute Gasteiger partial charge is 0.118 e. The largest absolute Gasteiger partial charge is 0.497 e. The summed E-state index contributed by atoms with van der Waals surface area (Å²) in [4.78, 5) is 0. The van der Waals surface area contributed by atoms with Crippen molar-refractivity contribution in [3.05, 3.63) is 29.8 Å². The van der Waals surface area contributed by atoms with Crippen molar-refractivity contribution in [3.8, 4) is 5.75 Å². The molecule has 0 amide bonds. The molecule has 1 aliphatic heterocycles. The van der Waals surface area contributed by atoms with Crippen LogP contribution in [0.3, 0.4) is 0 Å². The first-order valence-electron chi connectivity index (χ1n) is 7.17. The molecule has 4 unspecified atom stereocenters. The van der Waals surface area contributed by atoms with Crippen molar-refractivity contribution in [3.63, 3.8) is 0 Å². The standard InChI is InChI=1S/C16H25NO2/c1-11-8-9-17-15(10-11)12(2)16(18)13-4-6-14(19-3)7-5-13/h4-7,11-12,15-18H,8-10H2,1-3H3. The van der Waals surface area contributed by atoms with Gasteiger partial charge in [-0.2, -0.15) is 0 Å². The zero-order valence-corrected chi connectivity index (χ0v) is 12.1. The van der Waals surface area contributed by atoms with Crippen LogP contribution in [0, 0.1) is 11.8 Å². The van der Waals surface area contributed by atoms with Gasteiger partial charge in [-0.1, -0.05) is 26.0 Å². The molecule has 106 valence electrons. The summed E-state index contributed by atoms with van der Waals surface area (Å²) in [5.74, 6) is 1.79. The number of piperidine rings is 1. The molecule has 3 nitrogen and oxygen atoms in total. The van der Waals surface area contributed by atoms with Gasteiger partial charge in [0.05, 0.1) is 13.2 Å². The highest BCUT2D eigenvalue weighted by molar-refractivity contribution is 5.28. The Bertz CT molecular complexity index is 390. The maximum absolute atomic E-state index is 10.5. The van der Waals surface area contributed by atoms with Gasteiger partial charge in [0.2, 0.25) is 0 Å². The van der Waals surface area contributed by atoms with E-state index in [4.69, 9.17) is 4.74 Å². The molecular formula is C16H25NO2. The van der Waals surface area contributed by atoms with Crippen molar-refractivity contribution in [2.24, 2.45) is 11.8 Å². The Hall–Kier alpha value is -1.06. The van der Waals surface area contributed by atoms with Gasteiger partial charge in [-0.15, -0.1) is 0 Å². The van der Waals surface area contributed by atoms with Crippen molar-refractivity contribution in [1.29, 1.82) is 0 Å². The number of nitrogens with one attached hydrogen (secondary N) is 1. The summed E-state index contributed by atoms with van der Waals surface area (Å²) in [5.41, 5.74) is 0.966. The summed E-state index contributed by atoms with van der Waals surface area (Å²) in [6, 6.07) is 8.11. The second kappa shape index (κ2) is 6.40. The zero-order valence-electron chi connectivity index (χ0n) is 12.1. The number of ether oxygens (including phenoxy) is 1. The Kier molecular flexibility index (Phi) is 4.83. The molecule has 1 aromatic carbocycles. The van der Waals surface area contributed by atoms with Gasteiger partial charge in [-0.25, -0.2) is 0 Å². The topological polar surface area (TPSA) is 41.5 Å². The summed E-state index contributed by atoms with van der Waals surface area (Å²) in [5, 5.41) is 14.0. The Labute approximate surface area is 116 Å². The summed E-state index contributed by atoms with van der Waals surface area (Å²) >= 11 is 0. The highest BCUT2D eigenvalue weighted by atomic mass is 16.5. The van der Waals surface area contributed by atoms with Crippen molar-refractivity contribution in [2.45, 2.75) is 38.8 Å². The van der Waals surface area contributed by atoms with Gasteiger partial charge in [-0.3, -0.25) is 0 Å². The summed E-state index contributed by atoms with van der Waals surface area (Å²) < 4.78 is 5.15. The first kappa shape index (κ1) is 14.4. The highest BCUT2D eigenvalue weighted by Crippen LogP contribution is 2.30. The maximum Gasteiger partial charge on any atom is 0.118 e. The normalized spacial score (nSPS) is 26.7. The van der Waals surface area contributed by atoms with Crippen molar-refractivity contribution < 1.29 is 9.84 Å². The number of aliphatic hydroxyl groups is 1. The van der Waals surface area contributed by atoms with Crippen LogP contribution in [0.15, 0.2) is 24.3 Å². The van der Waals surface area contributed by atoms with Gasteiger partial charge in [-0.05, 0) is 43.0 Å². The fourth-order valence-corrected chi connectivity index (χ4v) is 2.88. The molecule has 1 aromatic rings. The van der Waals surface area contributed by atoms with Gasteiger partial charge >= 0.3 is 0 Å². The van der Waals surface area contributed by atoms with E-state index < -0.39 is 6.10 Å². The second-order valence-electron chi connectivity index (χ2n) is 5.77. The van der Waals surface area contributed by atoms with Gasteiger partial charge in [0.15, 0.2) is 0 Å². The van der Waals surface area contributed by atoms with E-state index in [1.807, 2.05) is 24.3 Å². The van der Waals surface area contributed by atoms with E-state index in [-0.39, 0.29) is 5.92 Å². The predicted octanol–water partition coefficient (Wildman–Crippen LogP) is 2.75. The monoisotopic (exact) mass is 263 g/mol. The molecule has 0 radical (unpaired) electrons. The van der Waals surface area contributed by atoms with Crippen LogP contribution in [-0.2, 0) is 0 Å². The van der Waals surface area contributed by atoms with Crippen LogP contribution in [0.1, 0.15) is 38.4 Å². The molecule has 1 heterocycles. The SMILES string of the molecule is COc1ccc(C(O)C(C)C2CC(C)CCN2)cc1. The van der Waals surface area contributed by atoms with Crippen LogP contribution in [0.2, 0.25) is 0 Å². The minimum atomic E-state index is -0.422. The average Bonchev–Trinajstić information content (AvgIpc) is 2.46. The molecule has 1 saturated heterocycles. The molecule has 0 bridgehead atoms. The van der Waals surface area contributed by atoms with Crippen LogP contribution < -0.4 is 10.1 Å². The quantitative estimate of drug-likeness (QED) is 0.877. The molecule has 2 N–H and O–H groups in total. The molecule has 19 heavy (non-hydrogen) atoms. The van der Waals surface area contributed by atoms with Crippen LogP contribution in [0.4, 0.5) is 0 Å². The Morgan fingerprint density at radius 1 is 1.32 bits per heavy atom. The fraction of sp³-hybridized carbons (Fsp3) is 0.625. The molecule has 0 saturated carbocycles. The van der Waals surface area contributed by atoms with Gasteiger partial charge in [0, 0.05) is 12.0 Å². The number of hydrogen-bond donors (Lipinski definition) is 2. The van der Waals surface area contributed by atoms with Crippen LogP contribution in [0.25, 0.3) is 0 Å². The van der Waals surface area contributed by atoms with E-state index in [0.717, 1.165) is 30.2 Å². The predicted molar refractivity (Wildman–Crippen MR) is 77.3 cm³/mol. The lowest BCUT2D eigenvalue weighted by Crippen LogP contribution is -2.43. The lowest BCUT2D eigenvalue weighted by molar-refractivity contribution is 0.0798. The lowest BCUT2D eigenvalue weighted by Gasteiger charge is -2.35. The van der Waals surface area contributed by atoms with E-state index in [0.29, 0.717) is 6.04 Å². The van der Waals surface area contributed by atoms with Crippen molar-refractivity contribution >= 4 is 0 Å². The maximum atomic E-state index is 10.5. The molecule has 2 rings (SSSR count). The first-order chi connectivity index (χ1) is 9.11. The number of methoxy groups -OCH3 is 1. The summed E-state index contributed by atoms with van der Waals surface area (Å²) in [6.07, 6.45) is 1.96. The minimum Gasteiger partial charge on any atom is -0.497 e. The minimum absolute atomic E-state index is 0.219. The molecule has 1 aliphatic rings. The lowest BCUT2D eigenvalue weighted by atomic mass is 9.83. The highest BCUT2D eigenvalue weighted by Gasteiger charge is 2.28. The third-order valence-corrected chi connectivity index (χ3v) is 4.29. The number of benzene rings is 1. The second-order valence-corrected chi connectivity index (χ2v) is 5.77. The molecule has 4 atom stereocenters. The molecule has 0 aliphatic carbocycles. The van der Waals surface area contributed by atoms with Crippen LogP contribution in [-0.4, -0.2) is 24.8 Å². The van der Waals surface area contributed by atoms with Crippen molar-refractivity contribution in [1.82, 2.24) is 5.32 Å². The summed E-state index contributed by atoms with van der Waals surface area (Å²) in [7, 11) is 1.65. The van der Waals surface area contributed by atoms with E-state index in [2.05, 4.69) is 19.2 Å². The van der Waals surface area contributed by atoms with Crippen molar-refractivity contribution in [2.75, 3.05) is 13.7 Å². The Balaban J connectivity index is 2.02. The summed E-state index contributed by atoms with van der Waals surface area (Å²) in [6.45, 7) is 5.48. The van der Waals surface area contributed by atoms with E-state index in [1.165, 1.54) is 6.42 Å². The van der Waals surface area contributed by atoms with Gasteiger partial charge < -0.3 is 15.2 Å². The van der Waals surface area contributed by atoms with Crippen LogP contribution in [0.5, 0.6) is 5.75 Å². The number of rotatable bonds is 4. The first-order valence-corrected chi connectivity index (χ1v) is 7.17. The molecule has 0 spiro atoms. The zero-order chi connectivity index (χ0) is 13.8. The average molecular weight is 263 g/mol. The molecule has 1 fully saturated rings.